The van der Waals surface area contributed by atoms with E-state index in [0.29, 0.717) is 6.04 Å². The zero-order chi connectivity index (χ0) is 14.4. The Kier molecular flexibility index (Phi) is 5.89. The molecule has 0 amide bonds. The highest BCUT2D eigenvalue weighted by atomic mass is 35.5. The monoisotopic (exact) mass is 306 g/mol. The van der Waals surface area contributed by atoms with E-state index in [-0.39, 0.29) is 0 Å². The molecule has 1 heterocycles. The molecule has 0 saturated heterocycles. The Bertz CT molecular complexity index is 525. The van der Waals surface area contributed by atoms with Gasteiger partial charge in [0.2, 0.25) is 0 Å². The van der Waals surface area contributed by atoms with Crippen LogP contribution in [0.5, 0.6) is 0 Å². The van der Waals surface area contributed by atoms with Gasteiger partial charge >= 0.3 is 0 Å². The highest BCUT2D eigenvalue weighted by Crippen LogP contribution is 2.23. The molecule has 1 atom stereocenters. The van der Waals surface area contributed by atoms with Crippen molar-refractivity contribution in [3.05, 3.63) is 58.7 Å². The molecular formula is C16H19ClN2S. The normalized spacial score (nSPS) is 12.3. The van der Waals surface area contributed by atoms with E-state index in [9.17, 15) is 0 Å². The molecule has 1 aromatic carbocycles. The Morgan fingerprint density at radius 3 is 2.55 bits per heavy atom. The molecule has 1 N–H and O–H groups in total. The minimum Gasteiger partial charge on any atom is -0.310 e. The zero-order valence-corrected chi connectivity index (χ0v) is 13.3. The van der Waals surface area contributed by atoms with Gasteiger partial charge in [-0.25, -0.2) is 4.98 Å². The van der Waals surface area contributed by atoms with E-state index in [0.717, 1.165) is 22.3 Å². The molecule has 0 radical (unpaired) electrons. The molecule has 4 heteroatoms. The van der Waals surface area contributed by atoms with Gasteiger partial charge in [0.1, 0.15) is 0 Å². The molecule has 1 unspecified atom stereocenters. The first-order chi connectivity index (χ1) is 9.69. The summed E-state index contributed by atoms with van der Waals surface area (Å²) in [5.74, 6) is 0.909. The maximum atomic E-state index is 5.88. The minimum absolute atomic E-state index is 0.350. The van der Waals surface area contributed by atoms with E-state index in [1.165, 1.54) is 11.1 Å². The topological polar surface area (TPSA) is 24.9 Å². The van der Waals surface area contributed by atoms with E-state index in [1.807, 2.05) is 18.3 Å². The summed E-state index contributed by atoms with van der Waals surface area (Å²) < 4.78 is 0. The van der Waals surface area contributed by atoms with Crippen molar-refractivity contribution in [2.75, 3.05) is 6.54 Å². The molecule has 0 fully saturated rings. The van der Waals surface area contributed by atoms with Crippen molar-refractivity contribution in [3.8, 4) is 0 Å². The van der Waals surface area contributed by atoms with Crippen LogP contribution in [0.2, 0.25) is 5.02 Å². The average molecular weight is 307 g/mol. The van der Waals surface area contributed by atoms with Crippen LogP contribution in [0.3, 0.4) is 0 Å². The van der Waals surface area contributed by atoms with Crippen LogP contribution in [0.4, 0.5) is 0 Å². The molecule has 2 nitrogen and oxygen atoms in total. The summed E-state index contributed by atoms with van der Waals surface area (Å²) in [5.41, 5.74) is 2.48. The summed E-state index contributed by atoms with van der Waals surface area (Å²) in [6.07, 6.45) is 1.96. The summed E-state index contributed by atoms with van der Waals surface area (Å²) in [4.78, 5) is 4.51. The fourth-order valence-electron chi connectivity index (χ4n) is 1.90. The van der Waals surface area contributed by atoms with Crippen molar-refractivity contribution in [3.63, 3.8) is 0 Å². The fraction of sp³-hybridized carbons (Fsp3) is 0.312. The van der Waals surface area contributed by atoms with Crippen LogP contribution in [0, 0.1) is 0 Å². The predicted molar refractivity (Wildman–Crippen MR) is 87.3 cm³/mol. The van der Waals surface area contributed by atoms with Gasteiger partial charge < -0.3 is 5.32 Å². The van der Waals surface area contributed by atoms with Gasteiger partial charge in [0, 0.05) is 23.0 Å². The Hall–Kier alpha value is -1.03. The Morgan fingerprint density at radius 2 is 1.95 bits per heavy atom. The number of rotatable bonds is 6. The van der Waals surface area contributed by atoms with Gasteiger partial charge in [-0.1, -0.05) is 36.7 Å². The summed E-state index contributed by atoms with van der Waals surface area (Å²) in [7, 11) is 0. The molecule has 2 rings (SSSR count). The molecule has 0 aliphatic heterocycles. The standard InChI is InChI=1S/C16H19ClN2S/c1-3-18-12(2)14-6-9-16(19-10-14)20-11-13-4-7-15(17)8-5-13/h4-10,12,18H,3,11H2,1-2H3. The lowest BCUT2D eigenvalue weighted by atomic mass is 10.1. The van der Waals surface area contributed by atoms with E-state index in [4.69, 9.17) is 11.6 Å². The van der Waals surface area contributed by atoms with Crippen molar-refractivity contribution >= 4 is 23.4 Å². The third-order valence-corrected chi connectivity index (χ3v) is 4.34. The van der Waals surface area contributed by atoms with Crippen LogP contribution >= 0.6 is 23.4 Å². The summed E-state index contributed by atoms with van der Waals surface area (Å²) in [6, 6.07) is 12.5. The van der Waals surface area contributed by atoms with Crippen LogP contribution in [-0.2, 0) is 5.75 Å². The molecule has 0 spiro atoms. The lowest BCUT2D eigenvalue weighted by Crippen LogP contribution is -2.17. The van der Waals surface area contributed by atoms with Gasteiger partial charge in [0.05, 0.1) is 5.03 Å². The Balaban J connectivity index is 1.92. The lowest BCUT2D eigenvalue weighted by Gasteiger charge is -2.12. The smallest absolute Gasteiger partial charge is 0.0963 e. The molecule has 0 aliphatic carbocycles. The highest BCUT2D eigenvalue weighted by molar-refractivity contribution is 7.98. The van der Waals surface area contributed by atoms with Crippen LogP contribution in [0.25, 0.3) is 0 Å². The van der Waals surface area contributed by atoms with Gasteiger partial charge in [-0.05, 0) is 42.8 Å². The number of aromatic nitrogens is 1. The number of pyridine rings is 1. The molecule has 0 saturated carbocycles. The van der Waals surface area contributed by atoms with Crippen molar-refractivity contribution in [1.82, 2.24) is 10.3 Å². The second-order valence-corrected chi connectivity index (χ2v) is 6.06. The first-order valence-corrected chi connectivity index (χ1v) is 8.12. The molecule has 106 valence electrons. The molecule has 20 heavy (non-hydrogen) atoms. The van der Waals surface area contributed by atoms with E-state index in [2.05, 4.69) is 48.4 Å². The van der Waals surface area contributed by atoms with Crippen LogP contribution in [0.15, 0.2) is 47.6 Å². The third-order valence-electron chi connectivity index (χ3n) is 3.07. The molecule has 0 aliphatic rings. The first kappa shape index (κ1) is 15.4. The number of nitrogens with one attached hydrogen (secondary N) is 1. The Morgan fingerprint density at radius 1 is 1.20 bits per heavy atom. The fourth-order valence-corrected chi connectivity index (χ4v) is 2.82. The molecule has 2 aromatic rings. The molecule has 1 aromatic heterocycles. The van der Waals surface area contributed by atoms with E-state index < -0.39 is 0 Å². The van der Waals surface area contributed by atoms with Gasteiger partial charge in [-0.2, -0.15) is 0 Å². The summed E-state index contributed by atoms with van der Waals surface area (Å²) in [6.45, 7) is 5.23. The quantitative estimate of drug-likeness (QED) is 0.783. The zero-order valence-electron chi connectivity index (χ0n) is 11.8. The average Bonchev–Trinajstić information content (AvgIpc) is 2.47. The van der Waals surface area contributed by atoms with Crippen molar-refractivity contribution in [1.29, 1.82) is 0 Å². The van der Waals surface area contributed by atoms with Gasteiger partial charge in [-0.3, -0.25) is 0 Å². The van der Waals surface area contributed by atoms with Crippen molar-refractivity contribution in [2.45, 2.75) is 30.7 Å². The maximum Gasteiger partial charge on any atom is 0.0963 e. The first-order valence-electron chi connectivity index (χ1n) is 6.75. The number of benzene rings is 1. The number of thioether (sulfide) groups is 1. The largest absolute Gasteiger partial charge is 0.310 e. The lowest BCUT2D eigenvalue weighted by molar-refractivity contribution is 0.595. The van der Waals surface area contributed by atoms with Crippen LogP contribution < -0.4 is 5.32 Å². The molecular weight excluding hydrogens is 288 g/mol. The number of hydrogen-bond acceptors (Lipinski definition) is 3. The predicted octanol–water partition coefficient (Wildman–Crippen LogP) is 4.70. The van der Waals surface area contributed by atoms with Crippen LogP contribution in [-0.4, -0.2) is 11.5 Å². The summed E-state index contributed by atoms with van der Waals surface area (Å²) >= 11 is 7.62. The minimum atomic E-state index is 0.350. The number of halogens is 1. The third kappa shape index (κ3) is 4.51. The van der Waals surface area contributed by atoms with Gasteiger partial charge in [0.15, 0.2) is 0 Å². The van der Waals surface area contributed by atoms with Gasteiger partial charge in [-0.15, -0.1) is 11.8 Å². The van der Waals surface area contributed by atoms with Crippen molar-refractivity contribution in [2.24, 2.45) is 0 Å². The second kappa shape index (κ2) is 7.67. The Labute approximate surface area is 130 Å². The number of nitrogens with zero attached hydrogens (tertiary/aromatic N) is 1. The molecule has 0 bridgehead atoms. The van der Waals surface area contributed by atoms with E-state index in [1.54, 1.807) is 11.8 Å². The van der Waals surface area contributed by atoms with Gasteiger partial charge in [0.25, 0.3) is 0 Å². The second-order valence-electron chi connectivity index (χ2n) is 4.62. The highest BCUT2D eigenvalue weighted by Gasteiger charge is 2.04. The SMILES string of the molecule is CCNC(C)c1ccc(SCc2ccc(Cl)cc2)nc1. The van der Waals surface area contributed by atoms with Crippen LogP contribution in [0.1, 0.15) is 31.0 Å². The summed E-state index contributed by atoms with van der Waals surface area (Å²) in [5, 5.41) is 5.21. The maximum absolute atomic E-state index is 5.88. The van der Waals surface area contributed by atoms with Crippen molar-refractivity contribution < 1.29 is 0 Å². The number of hydrogen-bond donors (Lipinski definition) is 1. The van der Waals surface area contributed by atoms with E-state index >= 15 is 0 Å².